The Morgan fingerprint density at radius 3 is 2.43 bits per heavy atom. The van der Waals surface area contributed by atoms with Gasteiger partial charge in [0.1, 0.15) is 5.75 Å². The number of anilines is 1. The van der Waals surface area contributed by atoms with Crippen molar-refractivity contribution in [2.75, 3.05) is 38.2 Å². The zero-order valence-electron chi connectivity index (χ0n) is 22.1. The van der Waals surface area contributed by atoms with E-state index in [-0.39, 0.29) is 34.6 Å². The molecule has 1 aromatic rings. The van der Waals surface area contributed by atoms with E-state index in [4.69, 9.17) is 4.74 Å². The Morgan fingerprint density at radius 1 is 1.09 bits per heavy atom. The fourth-order valence-corrected chi connectivity index (χ4v) is 7.26. The Morgan fingerprint density at radius 2 is 1.77 bits per heavy atom. The summed E-state index contributed by atoms with van der Waals surface area (Å²) in [7, 11) is 1.69. The molecule has 2 aliphatic carbocycles. The molecule has 0 spiro atoms. The van der Waals surface area contributed by atoms with E-state index >= 15 is 0 Å². The summed E-state index contributed by atoms with van der Waals surface area (Å²) in [6.07, 6.45) is 4.41. The van der Waals surface area contributed by atoms with Crippen molar-refractivity contribution >= 4 is 17.5 Å². The molecule has 2 N–H and O–H groups in total. The monoisotopic (exact) mass is 485 g/mol. The molecule has 0 radical (unpaired) electrons. The van der Waals surface area contributed by atoms with Crippen LogP contribution in [-0.4, -0.2) is 66.8 Å². The number of carbonyl (C=O) groups is 2. The first-order valence-corrected chi connectivity index (χ1v) is 13.1. The van der Waals surface area contributed by atoms with Crippen LogP contribution in [0, 0.1) is 16.7 Å². The number of piperazine rings is 1. The average molecular weight is 486 g/mol. The number of fused-ring (bicyclic) bond motifs is 1. The number of hydrogen-bond acceptors (Lipinski definition) is 5. The lowest BCUT2D eigenvalue weighted by Crippen LogP contribution is -2.53. The van der Waals surface area contributed by atoms with Crippen LogP contribution >= 0.6 is 0 Å². The highest BCUT2D eigenvalue weighted by Gasteiger charge is 2.61. The minimum atomic E-state index is -0.685. The van der Waals surface area contributed by atoms with Crippen molar-refractivity contribution in [3.05, 3.63) is 24.3 Å². The highest BCUT2D eigenvalue weighted by atomic mass is 16.5. The van der Waals surface area contributed by atoms with E-state index in [1.54, 1.807) is 14.0 Å². The number of methoxy groups -OCH3 is 1. The quantitative estimate of drug-likeness (QED) is 0.644. The lowest BCUT2D eigenvalue weighted by molar-refractivity contribution is -0.133. The van der Waals surface area contributed by atoms with Crippen LogP contribution in [0.3, 0.4) is 0 Å². The minimum absolute atomic E-state index is 0.000932. The van der Waals surface area contributed by atoms with Crippen molar-refractivity contribution in [3.63, 3.8) is 0 Å². The molecule has 0 aromatic heterocycles. The van der Waals surface area contributed by atoms with Crippen molar-refractivity contribution in [3.8, 4) is 5.75 Å². The number of para-hydroxylation sites is 2. The normalized spacial score (nSPS) is 32.2. The van der Waals surface area contributed by atoms with E-state index in [0.29, 0.717) is 25.9 Å². The molecule has 1 aliphatic heterocycles. The molecule has 1 aromatic carbocycles. The van der Waals surface area contributed by atoms with Crippen LogP contribution < -0.4 is 15.0 Å². The number of ether oxygens (including phenoxy) is 1. The van der Waals surface area contributed by atoms with Crippen molar-refractivity contribution in [2.45, 2.75) is 77.9 Å². The Labute approximate surface area is 210 Å². The fraction of sp³-hybridized carbons (Fsp3) is 0.714. The Kier molecular flexibility index (Phi) is 7.11. The van der Waals surface area contributed by atoms with Gasteiger partial charge in [-0.3, -0.25) is 9.59 Å². The first-order chi connectivity index (χ1) is 16.5. The first-order valence-electron chi connectivity index (χ1n) is 13.1. The van der Waals surface area contributed by atoms with E-state index in [1.165, 1.54) is 0 Å². The van der Waals surface area contributed by atoms with Crippen molar-refractivity contribution in [1.82, 2.24) is 10.2 Å². The fourth-order valence-electron chi connectivity index (χ4n) is 7.26. The number of hydrogen-bond donors (Lipinski definition) is 2. The molecule has 2 amide bonds. The lowest BCUT2D eigenvalue weighted by atomic mass is 9.57. The van der Waals surface area contributed by atoms with Gasteiger partial charge in [0.25, 0.3) is 0 Å². The molecule has 1 saturated heterocycles. The molecule has 3 fully saturated rings. The van der Waals surface area contributed by atoms with E-state index in [0.717, 1.165) is 50.2 Å². The third-order valence-corrected chi connectivity index (χ3v) is 9.07. The highest BCUT2D eigenvalue weighted by molar-refractivity contribution is 5.77. The molecule has 7 heteroatoms. The summed E-state index contributed by atoms with van der Waals surface area (Å²) in [6, 6.07) is 8.07. The van der Waals surface area contributed by atoms with Crippen LogP contribution in [0.1, 0.15) is 66.2 Å². The van der Waals surface area contributed by atoms with Gasteiger partial charge in [-0.1, -0.05) is 26.0 Å². The lowest BCUT2D eigenvalue weighted by Gasteiger charge is -2.51. The molecular weight excluding hydrogens is 442 g/mol. The number of nitrogens with one attached hydrogen (secondary N) is 1. The molecule has 194 valence electrons. The summed E-state index contributed by atoms with van der Waals surface area (Å²) in [5.74, 6) is 1.31. The van der Waals surface area contributed by atoms with Gasteiger partial charge >= 0.3 is 0 Å². The predicted octanol–water partition coefficient (Wildman–Crippen LogP) is 3.60. The predicted molar refractivity (Wildman–Crippen MR) is 137 cm³/mol. The number of aliphatic hydroxyl groups is 1. The second-order valence-corrected chi connectivity index (χ2v) is 12.0. The van der Waals surface area contributed by atoms with Gasteiger partial charge in [-0.2, -0.15) is 0 Å². The topological polar surface area (TPSA) is 82.1 Å². The molecule has 4 atom stereocenters. The van der Waals surface area contributed by atoms with Gasteiger partial charge in [-0.15, -0.1) is 0 Å². The molecule has 2 saturated carbocycles. The van der Waals surface area contributed by atoms with Crippen LogP contribution in [0.4, 0.5) is 5.69 Å². The first kappa shape index (κ1) is 25.8. The summed E-state index contributed by atoms with van der Waals surface area (Å²) < 4.78 is 5.52. The molecule has 4 rings (SSSR count). The maximum Gasteiger partial charge on any atom is 0.222 e. The zero-order chi connectivity index (χ0) is 25.4. The van der Waals surface area contributed by atoms with Crippen LogP contribution in [0.5, 0.6) is 5.75 Å². The Hall–Kier alpha value is -2.28. The van der Waals surface area contributed by atoms with Gasteiger partial charge in [-0.25, -0.2) is 0 Å². The average Bonchev–Trinajstić information content (AvgIpc) is 3.02. The van der Waals surface area contributed by atoms with Gasteiger partial charge in [0.15, 0.2) is 0 Å². The highest BCUT2D eigenvalue weighted by Crippen LogP contribution is 2.63. The minimum Gasteiger partial charge on any atom is -0.495 e. The SMILES string of the molecule is COc1ccccc1N1CCN(C(=O)CC[C@]23CC[C@](C)(O)C[C@@H]2C(C)(C)C[C@H]3NC(C)=O)CC1. The summed E-state index contributed by atoms with van der Waals surface area (Å²) in [5.41, 5.74) is 0.243. The molecular formula is C28H43N3O4. The van der Waals surface area contributed by atoms with Gasteiger partial charge in [0.05, 0.1) is 18.4 Å². The maximum atomic E-state index is 13.4. The standard InChI is InChI=1S/C28H43N3O4/c1-20(32)29-24-19-26(2,3)23-18-27(4,34)12-13-28(23,24)11-10-25(33)31-16-14-30(15-17-31)21-8-6-7-9-22(21)35-5/h6-9,23-24,34H,10-19H2,1-5H3,(H,29,32)/t23-,24-,27+,28+/m1/s1. The van der Waals surface area contributed by atoms with Crippen LogP contribution in [0.25, 0.3) is 0 Å². The molecule has 3 aliphatic rings. The van der Waals surface area contributed by atoms with E-state index in [2.05, 4.69) is 30.1 Å². The number of carbonyl (C=O) groups excluding carboxylic acids is 2. The van der Waals surface area contributed by atoms with Crippen molar-refractivity contribution < 1.29 is 19.4 Å². The zero-order valence-corrected chi connectivity index (χ0v) is 22.1. The van der Waals surface area contributed by atoms with Crippen molar-refractivity contribution in [2.24, 2.45) is 16.7 Å². The Balaban J connectivity index is 1.43. The summed E-state index contributed by atoms with van der Waals surface area (Å²) in [5, 5.41) is 14.1. The maximum absolute atomic E-state index is 13.4. The third-order valence-electron chi connectivity index (χ3n) is 9.07. The second-order valence-electron chi connectivity index (χ2n) is 12.0. The van der Waals surface area contributed by atoms with Crippen LogP contribution in [0.15, 0.2) is 24.3 Å². The molecule has 0 bridgehead atoms. The van der Waals surface area contributed by atoms with Gasteiger partial charge in [0.2, 0.25) is 11.8 Å². The Bertz CT molecular complexity index is 938. The van der Waals surface area contributed by atoms with Gasteiger partial charge in [-0.05, 0) is 67.9 Å². The van der Waals surface area contributed by atoms with Crippen LogP contribution in [-0.2, 0) is 9.59 Å². The van der Waals surface area contributed by atoms with E-state index < -0.39 is 5.60 Å². The van der Waals surface area contributed by atoms with E-state index in [1.807, 2.05) is 30.0 Å². The second kappa shape index (κ2) is 9.64. The number of benzene rings is 1. The number of nitrogens with zero attached hydrogens (tertiary/aromatic N) is 2. The number of amides is 2. The molecule has 7 nitrogen and oxygen atoms in total. The van der Waals surface area contributed by atoms with Gasteiger partial charge < -0.3 is 25.0 Å². The summed E-state index contributed by atoms with van der Waals surface area (Å²) in [4.78, 5) is 29.7. The molecule has 35 heavy (non-hydrogen) atoms. The van der Waals surface area contributed by atoms with Crippen LogP contribution in [0.2, 0.25) is 0 Å². The molecule has 0 unspecified atom stereocenters. The summed E-state index contributed by atoms with van der Waals surface area (Å²) in [6.45, 7) is 11.0. The summed E-state index contributed by atoms with van der Waals surface area (Å²) >= 11 is 0. The molecule has 1 heterocycles. The smallest absolute Gasteiger partial charge is 0.222 e. The van der Waals surface area contributed by atoms with Crippen molar-refractivity contribution in [1.29, 1.82) is 0 Å². The number of rotatable bonds is 6. The largest absolute Gasteiger partial charge is 0.495 e. The van der Waals surface area contributed by atoms with Gasteiger partial charge in [0, 0.05) is 45.6 Å². The third kappa shape index (κ3) is 5.16. The van der Waals surface area contributed by atoms with E-state index in [9.17, 15) is 14.7 Å².